The Hall–Kier alpha value is -6.65. The Kier molecular flexibility index (Phi) is 38.7. The Morgan fingerprint density at radius 1 is 0.616 bits per heavy atom. The van der Waals surface area contributed by atoms with Gasteiger partial charge in [0.2, 0.25) is 53.2 Å². The van der Waals surface area contributed by atoms with Crippen molar-refractivity contribution in [3.63, 3.8) is 0 Å². The van der Waals surface area contributed by atoms with Gasteiger partial charge in [0.15, 0.2) is 12.1 Å². The molecule has 0 aromatic heterocycles. The minimum absolute atomic E-state index is 0.0393. The number of halogens is 1. The number of esters is 1. The number of cyclic esters (lactones) is 1. The average molecular weight is 1250 g/mol. The maximum absolute atomic E-state index is 14.3. The number of allylic oxidation sites excluding steroid dienone is 1. The SMILES string of the molecule is C/C=C1/NC(=O)[C@H]([C@H](C)O)NC(=O)[C@H](CCN)NC(=O)[C@H](CCCCN)NC(=O)[C@H](CC(=O)NCCN)NC(=O)[C@@H](CCN)NC(=O)[C@@H](NC(=O)C[C@@H](O)CCCCCCCCCCC)COC(=O)[C@H]([C@H](O)CCl)NC(=O)[C@H](C(O)C(=O)O)NC1=O. The van der Waals surface area contributed by atoms with Crippen LogP contribution in [0.3, 0.4) is 0 Å². The molecule has 0 radical (unpaired) electrons. The van der Waals surface area contributed by atoms with Gasteiger partial charge in [-0.1, -0.05) is 70.8 Å². The van der Waals surface area contributed by atoms with Crippen LogP contribution in [0, 0.1) is 0 Å². The van der Waals surface area contributed by atoms with Crippen molar-refractivity contribution in [2.24, 2.45) is 22.9 Å². The van der Waals surface area contributed by atoms with Crippen LogP contribution in [0.1, 0.15) is 130 Å². The molecular weight excluding hydrogens is 1160 g/mol. The average Bonchev–Trinajstić information content (AvgIpc) is 3.01. The number of aliphatic carboxylic acids is 1. The van der Waals surface area contributed by atoms with Gasteiger partial charge in [0.25, 0.3) is 5.91 Å². The number of amides is 10. The number of carbonyl (C=O) groups excluding carboxylic acids is 11. The number of rotatable bonds is 30. The lowest BCUT2D eigenvalue weighted by Gasteiger charge is -2.29. The Balaban J connectivity index is 4.09. The monoisotopic (exact) mass is 1250 g/mol. The fourth-order valence-electron chi connectivity index (χ4n) is 8.52. The first-order valence-electron chi connectivity index (χ1n) is 29.0. The first kappa shape index (κ1) is 77.4. The van der Waals surface area contributed by atoms with E-state index in [1.807, 2.05) is 10.6 Å². The van der Waals surface area contributed by atoms with Crippen molar-refractivity contribution in [1.29, 1.82) is 0 Å². The Morgan fingerprint density at radius 3 is 1.66 bits per heavy atom. The summed E-state index contributed by atoms with van der Waals surface area (Å²) in [5.41, 5.74) is 22.2. The van der Waals surface area contributed by atoms with Crippen LogP contribution in [-0.4, -0.2) is 215 Å². The molecule has 33 heteroatoms. The number of nitrogens with two attached hydrogens (primary N) is 4. The zero-order valence-corrected chi connectivity index (χ0v) is 50.0. The van der Waals surface area contributed by atoms with E-state index >= 15 is 0 Å². The van der Waals surface area contributed by atoms with Gasteiger partial charge in [-0.3, -0.25) is 47.9 Å². The summed E-state index contributed by atoms with van der Waals surface area (Å²) >= 11 is 5.88. The minimum atomic E-state index is -2.83. The molecule has 12 atom stereocenters. The highest BCUT2D eigenvalue weighted by atomic mass is 35.5. The molecule has 86 heavy (non-hydrogen) atoms. The molecule has 23 N–H and O–H groups in total. The van der Waals surface area contributed by atoms with Crippen molar-refractivity contribution in [2.75, 3.05) is 45.2 Å². The number of hydrogen-bond acceptors (Lipinski definition) is 21. The molecule has 0 saturated carbocycles. The van der Waals surface area contributed by atoms with E-state index in [-0.39, 0.29) is 58.4 Å². The van der Waals surface area contributed by atoms with Crippen LogP contribution < -0.4 is 76.1 Å². The molecule has 0 aromatic carbocycles. The normalized spacial score (nSPS) is 24.0. The summed E-state index contributed by atoms with van der Waals surface area (Å²) in [6, 6.07) is -15.5. The third kappa shape index (κ3) is 29.2. The zero-order valence-electron chi connectivity index (χ0n) is 49.2. The summed E-state index contributed by atoms with van der Waals surface area (Å²) in [5, 5.41) is 75.5. The fraction of sp³-hybridized carbons (Fsp3) is 0.736. The molecule has 0 bridgehead atoms. The van der Waals surface area contributed by atoms with E-state index in [0.29, 0.717) is 12.8 Å². The van der Waals surface area contributed by atoms with E-state index in [2.05, 4.69) is 49.5 Å². The molecule has 1 rings (SSSR count). The molecule has 0 spiro atoms. The molecule has 490 valence electrons. The number of carbonyl (C=O) groups is 12. The number of aliphatic hydroxyl groups is 4. The zero-order chi connectivity index (χ0) is 64.9. The molecular formula is C53H93ClN14O18. The molecule has 1 fully saturated rings. The highest BCUT2D eigenvalue weighted by Gasteiger charge is 2.41. The second kappa shape index (κ2) is 43.1. The van der Waals surface area contributed by atoms with E-state index in [0.717, 1.165) is 64.4 Å². The van der Waals surface area contributed by atoms with Gasteiger partial charge in [0.05, 0.1) is 37.0 Å². The summed E-state index contributed by atoms with van der Waals surface area (Å²) in [5.74, 6) is -16.6. The Morgan fingerprint density at radius 2 is 1.14 bits per heavy atom. The van der Waals surface area contributed by atoms with Crippen molar-refractivity contribution in [2.45, 2.75) is 203 Å². The first-order valence-corrected chi connectivity index (χ1v) is 29.5. The second-order valence-corrected chi connectivity index (χ2v) is 20.9. The number of hydrogen-bond donors (Lipinski definition) is 19. The van der Waals surface area contributed by atoms with E-state index < -0.39 is 181 Å². The van der Waals surface area contributed by atoms with Crippen LogP contribution in [0.5, 0.6) is 0 Å². The standard InChI is InChI=1S/C53H93ClN14O18/c1-4-6-7-8-9-10-11-12-13-16-30(70)25-39(73)60-36-28-86-53(85)41(37(71)27-54)67-51(82)42(43(74)52(83)84)68-44(75)31(5-2)61-50(81)40(29(3)69)66-47(78)34(19-22-57)63-45(76)32(17-14-15-20-55)62-48(79)35(26-38(72)59-24-23-58)65-46(77)33(18-21-56)64-49(36)80/h5,29-30,32-37,40-43,69-71,74H,4,6-28,55-58H2,1-3H3,(H,59,72)(H,60,73)(H,61,81)(H,62,79)(H,63,76)(H,64,80)(H,65,77)(H,66,78)(H,67,82)(H,68,75)(H,83,84)/b31-5+/t29-,30-,32-,33+,34-,35-,36-,37+,40-,41-,42-,43?/m0/s1. The second-order valence-electron chi connectivity index (χ2n) is 20.6. The van der Waals surface area contributed by atoms with Crippen LogP contribution in [0.2, 0.25) is 0 Å². The summed E-state index contributed by atoms with van der Waals surface area (Å²) < 4.78 is 5.32. The molecule has 0 aromatic rings. The molecule has 10 amide bonds. The van der Waals surface area contributed by atoms with Crippen LogP contribution in [0.4, 0.5) is 0 Å². The molecule has 1 heterocycles. The summed E-state index contributed by atoms with van der Waals surface area (Å²) in [4.78, 5) is 165. The largest absolute Gasteiger partial charge is 0.479 e. The van der Waals surface area contributed by atoms with Crippen LogP contribution >= 0.6 is 11.6 Å². The van der Waals surface area contributed by atoms with Crippen molar-refractivity contribution >= 4 is 82.6 Å². The minimum Gasteiger partial charge on any atom is -0.479 e. The Labute approximate surface area is 504 Å². The lowest BCUT2D eigenvalue weighted by atomic mass is 10.0. The lowest BCUT2D eigenvalue weighted by Crippen LogP contribution is -2.62. The summed E-state index contributed by atoms with van der Waals surface area (Å²) in [6.07, 6.45) is 0.184. The smallest absolute Gasteiger partial charge is 0.335 e. The number of carboxylic acids is 1. The molecule has 1 aliphatic rings. The molecule has 0 aliphatic carbocycles. The summed E-state index contributed by atoms with van der Waals surface area (Å²) in [7, 11) is 0. The predicted molar refractivity (Wildman–Crippen MR) is 310 cm³/mol. The van der Waals surface area contributed by atoms with Crippen molar-refractivity contribution in [3.8, 4) is 0 Å². The van der Waals surface area contributed by atoms with Crippen LogP contribution in [-0.2, 0) is 62.3 Å². The third-order valence-electron chi connectivity index (χ3n) is 13.4. The van der Waals surface area contributed by atoms with Gasteiger partial charge in [-0.15, -0.1) is 11.6 Å². The van der Waals surface area contributed by atoms with Gasteiger partial charge in [0.1, 0.15) is 54.6 Å². The Bertz CT molecular complexity index is 2250. The lowest BCUT2D eigenvalue weighted by molar-refractivity contribution is -0.155. The van der Waals surface area contributed by atoms with Crippen molar-refractivity contribution < 1.29 is 87.8 Å². The number of carboxylic acid groups (broad SMARTS) is 1. The third-order valence-corrected chi connectivity index (χ3v) is 13.8. The number of unbranched alkanes of at least 4 members (excludes halogenated alkanes) is 9. The van der Waals surface area contributed by atoms with Crippen molar-refractivity contribution in [3.05, 3.63) is 11.8 Å². The maximum atomic E-state index is 14.3. The van der Waals surface area contributed by atoms with Crippen LogP contribution in [0.15, 0.2) is 11.8 Å². The van der Waals surface area contributed by atoms with Gasteiger partial charge in [0, 0.05) is 13.1 Å². The predicted octanol–water partition coefficient (Wildman–Crippen LogP) is -6.17. The van der Waals surface area contributed by atoms with Gasteiger partial charge in [-0.25, -0.2) is 9.59 Å². The molecule has 1 saturated heterocycles. The molecule has 32 nitrogen and oxygen atoms in total. The van der Waals surface area contributed by atoms with Gasteiger partial charge in [-0.05, 0) is 72.0 Å². The first-order chi connectivity index (χ1) is 40.8. The molecule has 1 aliphatic heterocycles. The van der Waals surface area contributed by atoms with Gasteiger partial charge >= 0.3 is 11.9 Å². The maximum Gasteiger partial charge on any atom is 0.335 e. The topological polar surface area (TPSA) is 540 Å². The number of nitrogens with one attached hydrogen (secondary N) is 10. The summed E-state index contributed by atoms with van der Waals surface area (Å²) in [6.45, 7) is 2.60. The quantitative estimate of drug-likeness (QED) is 0.0138. The van der Waals surface area contributed by atoms with E-state index in [4.69, 9.17) is 39.3 Å². The highest BCUT2D eigenvalue weighted by Crippen LogP contribution is 2.14. The van der Waals surface area contributed by atoms with E-state index in [1.54, 1.807) is 0 Å². The van der Waals surface area contributed by atoms with Gasteiger partial charge < -0.3 is 106 Å². The number of alkyl halides is 1. The van der Waals surface area contributed by atoms with E-state index in [1.165, 1.54) is 6.92 Å². The number of aliphatic hydroxyl groups excluding tert-OH is 4. The van der Waals surface area contributed by atoms with E-state index in [9.17, 15) is 83.1 Å². The van der Waals surface area contributed by atoms with Crippen molar-refractivity contribution in [1.82, 2.24) is 53.2 Å². The highest BCUT2D eigenvalue weighted by molar-refractivity contribution is 6.18. The van der Waals surface area contributed by atoms with Gasteiger partial charge in [-0.2, -0.15) is 0 Å². The van der Waals surface area contributed by atoms with Crippen LogP contribution in [0.25, 0.3) is 0 Å². The number of ether oxygens (including phenoxy) is 1. The fourth-order valence-corrected chi connectivity index (χ4v) is 8.70. The molecule has 1 unspecified atom stereocenters.